The number of aromatic nitrogens is 3. The number of ether oxygens (including phenoxy) is 2. The molecule has 2 unspecified atom stereocenters. The normalized spacial score (nSPS) is 21.5. The molecule has 0 aliphatic carbocycles. The average molecular weight is 581 g/mol. The predicted octanol–water partition coefficient (Wildman–Crippen LogP) is 5.32. The lowest BCUT2D eigenvalue weighted by Crippen LogP contribution is -2.52. The van der Waals surface area contributed by atoms with E-state index in [4.69, 9.17) is 9.47 Å². The van der Waals surface area contributed by atoms with E-state index in [2.05, 4.69) is 20.6 Å². The summed E-state index contributed by atoms with van der Waals surface area (Å²) in [6, 6.07) is 7.28. The molecule has 3 aliphatic rings. The highest BCUT2D eigenvalue weighted by Crippen LogP contribution is 2.43. The van der Waals surface area contributed by atoms with Crippen LogP contribution in [0, 0.1) is 11.6 Å². The maximum Gasteiger partial charge on any atom is 0.413 e. The molecule has 2 atom stereocenters. The number of carbonyl (C=O) groups excluding carboxylic acids is 2. The molecule has 1 saturated heterocycles. The molecule has 1 fully saturated rings. The fourth-order valence-corrected chi connectivity index (χ4v) is 6.40. The van der Waals surface area contributed by atoms with Crippen LogP contribution in [-0.2, 0) is 27.2 Å². The van der Waals surface area contributed by atoms with Crippen LogP contribution in [0.4, 0.5) is 24.2 Å². The van der Waals surface area contributed by atoms with Crippen molar-refractivity contribution in [3.63, 3.8) is 0 Å². The van der Waals surface area contributed by atoms with Crippen LogP contribution in [0.2, 0.25) is 0 Å². The van der Waals surface area contributed by atoms with Crippen LogP contribution in [0.15, 0.2) is 42.7 Å². The van der Waals surface area contributed by atoms with Gasteiger partial charge in [-0.25, -0.2) is 28.3 Å². The van der Waals surface area contributed by atoms with Crippen LogP contribution in [0.25, 0.3) is 0 Å². The summed E-state index contributed by atoms with van der Waals surface area (Å²) in [6.45, 7) is 4.90. The zero-order valence-corrected chi connectivity index (χ0v) is 23.8. The molecule has 0 saturated carbocycles. The number of piperidine rings is 1. The van der Waals surface area contributed by atoms with Crippen LogP contribution in [0.1, 0.15) is 74.1 Å². The molecular formula is C30H34F2N6O4. The van der Waals surface area contributed by atoms with Gasteiger partial charge in [0.1, 0.15) is 22.8 Å². The molecule has 0 radical (unpaired) electrons. The second kappa shape index (κ2) is 10.6. The minimum Gasteiger partial charge on any atom is -0.437 e. The van der Waals surface area contributed by atoms with Crippen LogP contribution < -0.4 is 10.6 Å². The van der Waals surface area contributed by atoms with Gasteiger partial charge in [0.2, 0.25) is 0 Å². The summed E-state index contributed by atoms with van der Waals surface area (Å²) in [5.41, 5.74) is 0.299. The zero-order chi connectivity index (χ0) is 29.6. The second-order valence-corrected chi connectivity index (χ2v) is 11.6. The Bertz CT molecular complexity index is 1520. The van der Waals surface area contributed by atoms with E-state index in [0.29, 0.717) is 62.5 Å². The van der Waals surface area contributed by atoms with E-state index in [0.717, 1.165) is 17.3 Å². The first-order valence-electron chi connectivity index (χ1n) is 14.2. The number of halogens is 2. The van der Waals surface area contributed by atoms with Gasteiger partial charge in [-0.2, -0.15) is 0 Å². The third-order valence-corrected chi connectivity index (χ3v) is 8.88. The lowest BCUT2D eigenvalue weighted by Gasteiger charge is -2.43. The summed E-state index contributed by atoms with van der Waals surface area (Å²) in [6.07, 6.45) is 4.69. The number of carbonyl (C=O) groups is 2. The molecule has 42 heavy (non-hydrogen) atoms. The van der Waals surface area contributed by atoms with Crippen LogP contribution >= 0.6 is 0 Å². The summed E-state index contributed by atoms with van der Waals surface area (Å²) < 4.78 is 42.5. The van der Waals surface area contributed by atoms with E-state index in [-0.39, 0.29) is 11.9 Å². The number of pyridine rings is 1. The van der Waals surface area contributed by atoms with Crippen LogP contribution in [-0.4, -0.2) is 51.8 Å². The Morgan fingerprint density at radius 1 is 1.17 bits per heavy atom. The molecule has 5 heterocycles. The SMILES string of the molecule is COC(C)(C)c1ncc2n1CC(c1cccc(F)c1F)CCC2NC(=O)N1CCC2(CC1)OC(=O)Nc1ncccc12. The highest BCUT2D eigenvalue weighted by Gasteiger charge is 2.46. The van der Waals surface area contributed by atoms with Crippen molar-refractivity contribution in [3.05, 3.63) is 77.0 Å². The molecule has 3 aromatic rings. The van der Waals surface area contributed by atoms with E-state index >= 15 is 0 Å². The van der Waals surface area contributed by atoms with Gasteiger partial charge in [0.05, 0.1) is 17.9 Å². The van der Waals surface area contributed by atoms with E-state index < -0.39 is 35.0 Å². The van der Waals surface area contributed by atoms with Gasteiger partial charge < -0.3 is 24.3 Å². The standard InChI is InChI=1S/C30H34F2N6O4/c1-29(2,41-3)26-34-16-23-22(10-9-18(17-38(23)26)19-6-4-8-21(31)24(19)32)35-27(39)37-14-11-30(12-15-37)20-7-5-13-33-25(20)36-28(40)42-30/h4-8,13,16,18,22H,9-12,14-15,17H2,1-3H3,(H,35,39)(H,33,36,40). The monoisotopic (exact) mass is 580 g/mol. The number of likely N-dealkylation sites (tertiary alicyclic amines) is 1. The second-order valence-electron chi connectivity index (χ2n) is 11.6. The van der Waals surface area contributed by atoms with Gasteiger partial charge in [0.15, 0.2) is 11.6 Å². The number of fused-ring (bicyclic) bond motifs is 3. The number of nitrogens with one attached hydrogen (secondary N) is 2. The molecule has 10 nitrogen and oxygen atoms in total. The van der Waals surface area contributed by atoms with Crippen molar-refractivity contribution in [1.82, 2.24) is 24.8 Å². The summed E-state index contributed by atoms with van der Waals surface area (Å²) in [4.78, 5) is 36.5. The lowest BCUT2D eigenvalue weighted by atomic mass is 9.83. The smallest absolute Gasteiger partial charge is 0.413 e. The Morgan fingerprint density at radius 3 is 2.71 bits per heavy atom. The molecule has 0 bridgehead atoms. The van der Waals surface area contributed by atoms with Crippen molar-refractivity contribution < 1.29 is 27.8 Å². The highest BCUT2D eigenvalue weighted by atomic mass is 19.2. The van der Waals surface area contributed by atoms with Crippen LogP contribution in [0.3, 0.4) is 0 Å². The zero-order valence-electron chi connectivity index (χ0n) is 23.8. The van der Waals surface area contributed by atoms with Crippen molar-refractivity contribution in [2.45, 2.75) is 69.2 Å². The molecule has 12 heteroatoms. The summed E-state index contributed by atoms with van der Waals surface area (Å²) in [5, 5.41) is 5.82. The summed E-state index contributed by atoms with van der Waals surface area (Å²) >= 11 is 0. The van der Waals surface area contributed by atoms with Crippen molar-refractivity contribution in [2.75, 3.05) is 25.5 Å². The fourth-order valence-electron chi connectivity index (χ4n) is 6.40. The minimum atomic E-state index is -0.884. The number of amides is 3. The number of imidazole rings is 1. The van der Waals surface area contributed by atoms with Gasteiger partial charge in [-0.1, -0.05) is 12.1 Å². The van der Waals surface area contributed by atoms with Crippen molar-refractivity contribution in [2.24, 2.45) is 0 Å². The number of hydrogen-bond donors (Lipinski definition) is 2. The first kappa shape index (κ1) is 28.1. The number of benzene rings is 1. The largest absolute Gasteiger partial charge is 0.437 e. The number of urea groups is 1. The Morgan fingerprint density at radius 2 is 1.95 bits per heavy atom. The number of hydrogen-bond acceptors (Lipinski definition) is 6. The number of nitrogens with zero attached hydrogens (tertiary/aromatic N) is 4. The predicted molar refractivity (Wildman–Crippen MR) is 149 cm³/mol. The molecule has 2 aromatic heterocycles. The molecule has 3 aliphatic heterocycles. The van der Waals surface area contributed by atoms with Gasteiger partial charge in [0.25, 0.3) is 0 Å². The fraction of sp³-hybridized carbons (Fsp3) is 0.467. The van der Waals surface area contributed by atoms with Gasteiger partial charge in [-0.05, 0) is 50.5 Å². The van der Waals surface area contributed by atoms with Crippen LogP contribution in [0.5, 0.6) is 0 Å². The van der Waals surface area contributed by atoms with Gasteiger partial charge in [-0.15, -0.1) is 0 Å². The Labute approximate surface area is 242 Å². The van der Waals surface area contributed by atoms with E-state index in [9.17, 15) is 18.4 Å². The number of methoxy groups -OCH3 is 1. The third-order valence-electron chi connectivity index (χ3n) is 8.88. The minimum absolute atomic E-state index is 0.253. The summed E-state index contributed by atoms with van der Waals surface area (Å²) in [5.74, 6) is -0.942. The Balaban J connectivity index is 1.23. The van der Waals surface area contributed by atoms with Gasteiger partial charge in [-0.3, -0.25) is 5.32 Å². The first-order valence-corrected chi connectivity index (χ1v) is 14.2. The Hall–Kier alpha value is -4.06. The maximum atomic E-state index is 14.9. The molecular weight excluding hydrogens is 546 g/mol. The quantitative estimate of drug-likeness (QED) is 0.432. The average Bonchev–Trinajstić information content (AvgIpc) is 3.32. The summed E-state index contributed by atoms with van der Waals surface area (Å²) in [7, 11) is 1.60. The number of rotatable bonds is 4. The molecule has 1 aromatic carbocycles. The topological polar surface area (TPSA) is 111 Å². The van der Waals surface area contributed by atoms with Crippen molar-refractivity contribution in [3.8, 4) is 0 Å². The van der Waals surface area contributed by atoms with E-state index in [1.807, 2.05) is 24.5 Å². The Kier molecular flexibility index (Phi) is 7.12. The molecule has 6 rings (SSSR count). The van der Waals surface area contributed by atoms with Crippen molar-refractivity contribution >= 4 is 17.9 Å². The first-order chi connectivity index (χ1) is 20.1. The van der Waals surface area contributed by atoms with Gasteiger partial charge in [0, 0.05) is 57.3 Å². The molecule has 3 amide bonds. The number of anilines is 1. The van der Waals surface area contributed by atoms with Crippen molar-refractivity contribution in [1.29, 1.82) is 0 Å². The highest BCUT2D eigenvalue weighted by molar-refractivity contribution is 5.87. The van der Waals surface area contributed by atoms with Gasteiger partial charge >= 0.3 is 12.1 Å². The molecule has 2 N–H and O–H groups in total. The molecule has 1 spiro atoms. The maximum absolute atomic E-state index is 14.9. The van der Waals surface area contributed by atoms with E-state index in [1.54, 1.807) is 36.5 Å². The van der Waals surface area contributed by atoms with E-state index in [1.165, 1.54) is 6.07 Å². The third kappa shape index (κ3) is 4.87. The molecule has 222 valence electrons. The lowest BCUT2D eigenvalue weighted by molar-refractivity contribution is -0.0308.